The Kier molecular flexibility index (Phi) is 9.03. The number of carboxylic acid groups (broad SMARTS) is 1. The molecule has 7 rings (SSSR count). The highest BCUT2D eigenvalue weighted by Crippen LogP contribution is 2.42. The van der Waals surface area contributed by atoms with Gasteiger partial charge in [-0.25, -0.2) is 13.6 Å². The molecule has 1 atom stereocenters. The number of methoxy groups -OCH3 is 1. The molecule has 0 aliphatic carbocycles. The number of benzene rings is 3. The molecule has 1 aromatic heterocycles. The van der Waals surface area contributed by atoms with Crippen molar-refractivity contribution < 1.29 is 32.9 Å². The van der Waals surface area contributed by atoms with Crippen LogP contribution in [0.1, 0.15) is 37.7 Å². The van der Waals surface area contributed by atoms with E-state index in [1.54, 1.807) is 30.3 Å². The molecule has 4 aromatic rings. The summed E-state index contributed by atoms with van der Waals surface area (Å²) in [7, 11) is 1.48. The van der Waals surface area contributed by atoms with E-state index in [9.17, 15) is 15.2 Å². The lowest BCUT2D eigenvalue weighted by Crippen LogP contribution is -2.55. The minimum Gasteiger partial charge on any atom is -0.468 e. The predicted octanol–water partition coefficient (Wildman–Crippen LogP) is 5.78. The van der Waals surface area contributed by atoms with E-state index in [1.807, 2.05) is 4.90 Å². The summed E-state index contributed by atoms with van der Waals surface area (Å²) in [5.74, 6) is 1.85. The average Bonchev–Trinajstić information content (AvgIpc) is 3.70. The Balaban J connectivity index is 1.38. The molecule has 0 unspecified atom stereocenters. The Morgan fingerprint density at radius 1 is 1.08 bits per heavy atom. The number of halogens is 2. The summed E-state index contributed by atoms with van der Waals surface area (Å²) in [6.07, 6.45) is 8.76. The highest BCUT2D eigenvalue weighted by atomic mass is 19.1. The van der Waals surface area contributed by atoms with E-state index in [2.05, 4.69) is 21.9 Å². The fraction of sp³-hybridized carbons (Fsp3) is 0.405. The average molecular weight is 683 g/mol. The molecule has 0 radical (unpaired) electrons. The molecule has 3 aliphatic heterocycles. The van der Waals surface area contributed by atoms with E-state index in [0.717, 1.165) is 38.8 Å². The second kappa shape index (κ2) is 13.6. The first-order valence-electron chi connectivity index (χ1n) is 16.6. The molecule has 13 heteroatoms. The Hall–Kier alpha value is -5.24. The molecular weight excluding hydrogens is 646 g/mol. The van der Waals surface area contributed by atoms with Crippen LogP contribution in [0.5, 0.6) is 11.8 Å². The summed E-state index contributed by atoms with van der Waals surface area (Å²) in [5.41, 5.74) is 0.249. The lowest BCUT2D eigenvalue weighted by molar-refractivity contribution is 0.0512. The van der Waals surface area contributed by atoms with Gasteiger partial charge in [-0.3, -0.25) is 4.90 Å². The van der Waals surface area contributed by atoms with Gasteiger partial charge in [-0.05, 0) is 74.0 Å². The van der Waals surface area contributed by atoms with Gasteiger partial charge < -0.3 is 29.1 Å². The number of nitriles is 1. The van der Waals surface area contributed by atoms with E-state index in [4.69, 9.17) is 25.6 Å². The monoisotopic (exact) mass is 682 g/mol. The van der Waals surface area contributed by atoms with Crippen LogP contribution in [-0.4, -0.2) is 95.8 Å². The summed E-state index contributed by atoms with van der Waals surface area (Å²) in [6.45, 7) is 2.84. The lowest BCUT2D eigenvalue weighted by Gasteiger charge is -2.40. The fourth-order valence-electron chi connectivity index (χ4n) is 7.86. The Labute approximate surface area is 288 Å². The zero-order valence-electron chi connectivity index (χ0n) is 27.6. The second-order valence-corrected chi connectivity index (χ2v) is 13.0. The van der Waals surface area contributed by atoms with Crippen molar-refractivity contribution >= 4 is 33.6 Å². The maximum atomic E-state index is 17.1. The van der Waals surface area contributed by atoms with Crippen molar-refractivity contribution in [2.24, 2.45) is 0 Å². The van der Waals surface area contributed by atoms with Crippen LogP contribution in [-0.2, 0) is 4.74 Å². The van der Waals surface area contributed by atoms with Crippen LogP contribution in [0.3, 0.4) is 0 Å². The zero-order chi connectivity index (χ0) is 35.0. The van der Waals surface area contributed by atoms with Gasteiger partial charge >= 0.3 is 12.1 Å². The molecule has 0 spiro atoms. The van der Waals surface area contributed by atoms with Gasteiger partial charge in [0.2, 0.25) is 0 Å². The standard InChI is InChI=1S/C37H36F2N6O5/c1-3-26-30(38)9-6-23-18-25(50-22-48-2)19-29(31(23)26)27-7-8-28-33(32(27)39)41-35(49-21-37-11-4-14-44(37)15-5-12-37)42-34(28)43-16-17-45(36(46)47)24(20-43)10-13-40/h1,6-9,18-19,24H,4-5,10-12,14-17,20-22H2,2H3,(H,46,47)/t24-/m0/s1. The van der Waals surface area contributed by atoms with Crippen LogP contribution in [0.25, 0.3) is 32.8 Å². The van der Waals surface area contributed by atoms with Crippen molar-refractivity contribution in [2.45, 2.75) is 43.7 Å². The number of rotatable bonds is 9. The SMILES string of the molecule is C#Cc1c(F)ccc2cc(OCOC)cc(-c3ccc4c(N5CCN(C(=O)O)[C@@H](CC#N)C5)nc(OCC56CCCN5CCC6)nc4c3F)c12. The van der Waals surface area contributed by atoms with E-state index in [1.165, 1.54) is 18.1 Å². The maximum absolute atomic E-state index is 17.1. The molecular formula is C37H36F2N6O5. The van der Waals surface area contributed by atoms with Gasteiger partial charge in [0.25, 0.3) is 0 Å². The Bertz CT molecular complexity index is 2050. The van der Waals surface area contributed by atoms with Crippen molar-refractivity contribution in [1.29, 1.82) is 5.26 Å². The minimum atomic E-state index is -1.11. The van der Waals surface area contributed by atoms with Crippen LogP contribution in [0, 0.1) is 35.3 Å². The zero-order valence-corrected chi connectivity index (χ0v) is 27.6. The molecule has 3 aliphatic rings. The van der Waals surface area contributed by atoms with Gasteiger partial charge in [-0.2, -0.15) is 15.2 Å². The first kappa shape index (κ1) is 33.3. The molecule has 50 heavy (non-hydrogen) atoms. The third-order valence-electron chi connectivity index (χ3n) is 10.2. The predicted molar refractivity (Wildman–Crippen MR) is 182 cm³/mol. The highest BCUT2D eigenvalue weighted by molar-refractivity contribution is 6.04. The number of anilines is 1. The molecule has 3 saturated heterocycles. The number of carbonyl (C=O) groups is 1. The van der Waals surface area contributed by atoms with Gasteiger partial charge in [0, 0.05) is 43.1 Å². The molecule has 11 nitrogen and oxygen atoms in total. The van der Waals surface area contributed by atoms with Crippen molar-refractivity contribution in [2.75, 3.05) is 58.1 Å². The third-order valence-corrected chi connectivity index (χ3v) is 10.2. The van der Waals surface area contributed by atoms with Gasteiger partial charge in [0.1, 0.15) is 29.5 Å². The Morgan fingerprint density at radius 2 is 1.88 bits per heavy atom. The highest BCUT2D eigenvalue weighted by Gasteiger charge is 2.45. The number of aromatic nitrogens is 2. The summed E-state index contributed by atoms with van der Waals surface area (Å²) < 4.78 is 49.3. The number of ether oxygens (including phenoxy) is 3. The van der Waals surface area contributed by atoms with E-state index in [0.29, 0.717) is 39.9 Å². The molecule has 258 valence electrons. The number of piperazine rings is 1. The number of fused-ring (bicyclic) bond motifs is 3. The molecule has 1 N–H and O–H groups in total. The fourth-order valence-corrected chi connectivity index (χ4v) is 7.86. The van der Waals surface area contributed by atoms with E-state index < -0.39 is 23.8 Å². The van der Waals surface area contributed by atoms with Crippen LogP contribution in [0.15, 0.2) is 36.4 Å². The summed E-state index contributed by atoms with van der Waals surface area (Å²) in [5, 5.41) is 20.5. The molecule has 0 saturated carbocycles. The van der Waals surface area contributed by atoms with Crippen LogP contribution < -0.4 is 14.4 Å². The van der Waals surface area contributed by atoms with Gasteiger partial charge in [-0.15, -0.1) is 6.42 Å². The van der Waals surface area contributed by atoms with Crippen LogP contribution in [0.2, 0.25) is 0 Å². The number of nitrogens with zero attached hydrogens (tertiary/aromatic N) is 6. The van der Waals surface area contributed by atoms with E-state index in [-0.39, 0.29) is 61.0 Å². The first-order valence-corrected chi connectivity index (χ1v) is 16.6. The normalized spacial score (nSPS) is 18.6. The number of terminal acetylenes is 1. The summed E-state index contributed by atoms with van der Waals surface area (Å²) >= 11 is 0. The summed E-state index contributed by atoms with van der Waals surface area (Å²) in [4.78, 5) is 26.9. The molecule has 0 bridgehead atoms. The molecule has 3 aromatic carbocycles. The largest absolute Gasteiger partial charge is 0.468 e. The summed E-state index contributed by atoms with van der Waals surface area (Å²) in [6, 6.07) is 10.8. The third kappa shape index (κ3) is 5.86. The Morgan fingerprint density at radius 3 is 2.60 bits per heavy atom. The van der Waals surface area contributed by atoms with Crippen molar-refractivity contribution in [3.8, 4) is 41.3 Å². The molecule has 4 heterocycles. The van der Waals surface area contributed by atoms with Crippen LogP contribution >= 0.6 is 0 Å². The molecule has 3 fully saturated rings. The maximum Gasteiger partial charge on any atom is 0.407 e. The van der Waals surface area contributed by atoms with Crippen LogP contribution in [0.4, 0.5) is 19.4 Å². The minimum absolute atomic E-state index is 0.00781. The van der Waals surface area contributed by atoms with Crippen molar-refractivity contribution in [3.63, 3.8) is 0 Å². The van der Waals surface area contributed by atoms with E-state index >= 15 is 8.78 Å². The first-order chi connectivity index (χ1) is 24.3. The van der Waals surface area contributed by atoms with Gasteiger partial charge in [0.05, 0.1) is 29.6 Å². The van der Waals surface area contributed by atoms with Gasteiger partial charge in [0.15, 0.2) is 12.6 Å². The quantitative estimate of drug-likeness (QED) is 0.172. The van der Waals surface area contributed by atoms with Crippen molar-refractivity contribution in [3.05, 3.63) is 53.6 Å². The second-order valence-electron chi connectivity index (χ2n) is 13.0. The number of hydrogen-bond acceptors (Lipinski definition) is 9. The number of amides is 1. The smallest absolute Gasteiger partial charge is 0.407 e. The number of hydrogen-bond donors (Lipinski definition) is 1. The topological polar surface area (TPSA) is 124 Å². The molecule has 1 amide bonds. The van der Waals surface area contributed by atoms with Crippen molar-refractivity contribution in [1.82, 2.24) is 19.8 Å². The lowest BCUT2D eigenvalue weighted by atomic mass is 9.93. The van der Waals surface area contributed by atoms with Gasteiger partial charge in [-0.1, -0.05) is 18.1 Å².